The third kappa shape index (κ3) is 2.94. The first-order valence-corrected chi connectivity index (χ1v) is 5.76. The number of halogens is 2. The fourth-order valence-corrected chi connectivity index (χ4v) is 1.61. The maximum Gasteiger partial charge on any atom is 0.221 e. The van der Waals surface area contributed by atoms with E-state index in [1.807, 2.05) is 0 Å². The molecule has 3 nitrogen and oxygen atoms in total. The molecule has 0 aliphatic heterocycles. The van der Waals surface area contributed by atoms with Crippen molar-refractivity contribution in [1.29, 1.82) is 0 Å². The van der Waals surface area contributed by atoms with Gasteiger partial charge in [-0.15, -0.1) is 0 Å². The number of ether oxygens (including phenoxy) is 1. The molecule has 1 aromatic heterocycles. The summed E-state index contributed by atoms with van der Waals surface area (Å²) in [6.45, 7) is 0. The van der Waals surface area contributed by atoms with Crippen molar-refractivity contribution in [2.45, 2.75) is 0 Å². The molecule has 0 spiro atoms. The Bertz CT molecular complexity index is 534. The zero-order valence-electron chi connectivity index (χ0n) is 9.08. The molecule has 5 heteroatoms. The Labute approximate surface area is 107 Å². The third-order valence-corrected chi connectivity index (χ3v) is 2.58. The lowest BCUT2D eigenvalue weighted by atomic mass is 10.3. The molecule has 2 aromatic rings. The summed E-state index contributed by atoms with van der Waals surface area (Å²) in [7, 11) is 1.76. The zero-order valence-corrected chi connectivity index (χ0v) is 10.7. The molecule has 0 aliphatic rings. The van der Waals surface area contributed by atoms with E-state index in [1.165, 1.54) is 6.07 Å². The van der Waals surface area contributed by atoms with E-state index in [0.717, 1.165) is 0 Å². The van der Waals surface area contributed by atoms with Gasteiger partial charge in [-0.1, -0.05) is 22.0 Å². The molecule has 0 atom stereocenters. The molecular formula is C12H10BrFN2O. The van der Waals surface area contributed by atoms with Crippen LogP contribution in [-0.4, -0.2) is 12.0 Å². The van der Waals surface area contributed by atoms with Crippen molar-refractivity contribution < 1.29 is 9.13 Å². The summed E-state index contributed by atoms with van der Waals surface area (Å²) >= 11 is 3.18. The number of nitrogens with one attached hydrogen (secondary N) is 1. The predicted octanol–water partition coefficient (Wildman–Crippen LogP) is 3.82. The van der Waals surface area contributed by atoms with Gasteiger partial charge in [-0.2, -0.15) is 4.98 Å². The lowest BCUT2D eigenvalue weighted by molar-refractivity contribution is 0.428. The molecule has 0 fully saturated rings. The van der Waals surface area contributed by atoms with Crippen LogP contribution in [0, 0.1) is 5.82 Å². The van der Waals surface area contributed by atoms with Gasteiger partial charge in [0.2, 0.25) is 5.88 Å². The van der Waals surface area contributed by atoms with E-state index in [9.17, 15) is 4.39 Å². The zero-order chi connectivity index (χ0) is 12.3. The van der Waals surface area contributed by atoms with Crippen molar-refractivity contribution in [1.82, 2.24) is 4.98 Å². The molecule has 2 rings (SSSR count). The Morgan fingerprint density at radius 2 is 2.12 bits per heavy atom. The first-order chi connectivity index (χ1) is 8.19. The second kappa shape index (κ2) is 5.14. The Morgan fingerprint density at radius 1 is 1.29 bits per heavy atom. The quantitative estimate of drug-likeness (QED) is 0.935. The van der Waals surface area contributed by atoms with Gasteiger partial charge < -0.3 is 10.1 Å². The maximum absolute atomic E-state index is 13.5. The van der Waals surface area contributed by atoms with Crippen LogP contribution in [0.3, 0.4) is 0 Å². The van der Waals surface area contributed by atoms with Gasteiger partial charge >= 0.3 is 0 Å². The summed E-state index contributed by atoms with van der Waals surface area (Å²) in [6, 6.07) is 9.85. The van der Waals surface area contributed by atoms with Crippen LogP contribution in [0.4, 0.5) is 10.2 Å². The standard InChI is InChI=1S/C12H10BrFN2O/c1-15-11-3-2-4-12(16-11)17-10-6-5-8(13)7-9(10)14/h2-7H,1H3,(H,15,16). The number of aromatic nitrogens is 1. The SMILES string of the molecule is CNc1cccc(Oc2ccc(Br)cc2F)n1. The predicted molar refractivity (Wildman–Crippen MR) is 68.0 cm³/mol. The molecule has 88 valence electrons. The van der Waals surface area contributed by atoms with E-state index >= 15 is 0 Å². The third-order valence-electron chi connectivity index (χ3n) is 2.09. The second-order valence-electron chi connectivity index (χ2n) is 3.29. The highest BCUT2D eigenvalue weighted by atomic mass is 79.9. The fourth-order valence-electron chi connectivity index (χ4n) is 1.28. The van der Waals surface area contributed by atoms with Crippen molar-refractivity contribution in [2.24, 2.45) is 0 Å². The molecule has 17 heavy (non-hydrogen) atoms. The molecule has 0 saturated carbocycles. The maximum atomic E-state index is 13.5. The van der Waals surface area contributed by atoms with Gasteiger partial charge in [0.05, 0.1) is 0 Å². The molecule has 1 heterocycles. The smallest absolute Gasteiger partial charge is 0.221 e. The van der Waals surface area contributed by atoms with E-state index in [-0.39, 0.29) is 5.75 Å². The van der Waals surface area contributed by atoms with E-state index in [1.54, 1.807) is 37.4 Å². The first kappa shape index (κ1) is 11.9. The van der Waals surface area contributed by atoms with E-state index in [0.29, 0.717) is 16.2 Å². The summed E-state index contributed by atoms with van der Waals surface area (Å²) < 4.78 is 19.5. The van der Waals surface area contributed by atoms with Crippen molar-refractivity contribution in [3.05, 3.63) is 46.7 Å². The molecular weight excluding hydrogens is 287 g/mol. The van der Waals surface area contributed by atoms with Crippen molar-refractivity contribution in [3.8, 4) is 11.6 Å². The molecule has 0 amide bonds. The van der Waals surface area contributed by atoms with Crippen molar-refractivity contribution >= 4 is 21.7 Å². The highest BCUT2D eigenvalue weighted by Gasteiger charge is 2.06. The molecule has 0 saturated heterocycles. The summed E-state index contributed by atoms with van der Waals surface area (Å²) in [5.74, 6) is 0.725. The number of rotatable bonds is 3. The van der Waals surface area contributed by atoms with Gasteiger partial charge in [0.25, 0.3) is 0 Å². The minimum absolute atomic E-state index is 0.147. The molecule has 0 aliphatic carbocycles. The number of benzene rings is 1. The summed E-state index contributed by atoms with van der Waals surface area (Å²) in [5, 5.41) is 2.88. The Kier molecular flexibility index (Phi) is 3.58. The summed E-state index contributed by atoms with van der Waals surface area (Å²) in [5.41, 5.74) is 0. The summed E-state index contributed by atoms with van der Waals surface area (Å²) in [6.07, 6.45) is 0. The van der Waals surface area contributed by atoms with Crippen molar-refractivity contribution in [3.63, 3.8) is 0 Å². The lowest BCUT2D eigenvalue weighted by Gasteiger charge is -2.07. The highest BCUT2D eigenvalue weighted by molar-refractivity contribution is 9.10. The lowest BCUT2D eigenvalue weighted by Crippen LogP contribution is -1.95. The van der Waals surface area contributed by atoms with Gasteiger partial charge in [-0.3, -0.25) is 0 Å². The minimum Gasteiger partial charge on any atom is -0.436 e. The number of nitrogens with zero attached hydrogens (tertiary/aromatic N) is 1. The molecule has 0 unspecified atom stereocenters. The van der Waals surface area contributed by atoms with Crippen LogP contribution in [0.1, 0.15) is 0 Å². The normalized spacial score (nSPS) is 10.1. The van der Waals surface area contributed by atoms with E-state index in [4.69, 9.17) is 4.74 Å². The van der Waals surface area contributed by atoms with Crippen molar-refractivity contribution in [2.75, 3.05) is 12.4 Å². The Balaban J connectivity index is 2.25. The fraction of sp³-hybridized carbons (Fsp3) is 0.0833. The monoisotopic (exact) mass is 296 g/mol. The minimum atomic E-state index is -0.434. The van der Waals surface area contributed by atoms with Gasteiger partial charge in [0.1, 0.15) is 5.82 Å². The average molecular weight is 297 g/mol. The topological polar surface area (TPSA) is 34.1 Å². The first-order valence-electron chi connectivity index (χ1n) is 4.97. The number of hydrogen-bond acceptors (Lipinski definition) is 3. The van der Waals surface area contributed by atoms with E-state index < -0.39 is 5.82 Å². The second-order valence-corrected chi connectivity index (χ2v) is 4.20. The average Bonchev–Trinajstić information content (AvgIpc) is 2.33. The largest absolute Gasteiger partial charge is 0.436 e. The van der Waals surface area contributed by atoms with Crippen LogP contribution < -0.4 is 10.1 Å². The number of pyridine rings is 1. The van der Waals surface area contributed by atoms with E-state index in [2.05, 4.69) is 26.2 Å². The molecule has 1 N–H and O–H groups in total. The van der Waals surface area contributed by atoms with Crippen LogP contribution in [-0.2, 0) is 0 Å². The van der Waals surface area contributed by atoms with Gasteiger partial charge in [0.15, 0.2) is 11.6 Å². The Hall–Kier alpha value is -1.62. The van der Waals surface area contributed by atoms with Crippen LogP contribution in [0.15, 0.2) is 40.9 Å². The number of anilines is 1. The van der Waals surface area contributed by atoms with Gasteiger partial charge in [-0.25, -0.2) is 4.39 Å². The van der Waals surface area contributed by atoms with Gasteiger partial charge in [0, 0.05) is 17.6 Å². The van der Waals surface area contributed by atoms with Gasteiger partial charge in [-0.05, 0) is 24.3 Å². The van der Waals surface area contributed by atoms with Crippen LogP contribution in [0.5, 0.6) is 11.6 Å². The van der Waals surface area contributed by atoms with Crippen LogP contribution in [0.2, 0.25) is 0 Å². The molecule has 0 radical (unpaired) electrons. The number of hydrogen-bond donors (Lipinski definition) is 1. The Morgan fingerprint density at radius 3 is 2.82 bits per heavy atom. The molecule has 1 aromatic carbocycles. The molecule has 0 bridgehead atoms. The summed E-state index contributed by atoms with van der Waals surface area (Å²) in [4.78, 5) is 4.14. The van der Waals surface area contributed by atoms with Crippen LogP contribution in [0.25, 0.3) is 0 Å². The highest BCUT2D eigenvalue weighted by Crippen LogP contribution is 2.26. The van der Waals surface area contributed by atoms with Crippen LogP contribution >= 0.6 is 15.9 Å².